The standard InChI is InChI=1S/C22H24F2N4O5/c1-4-22(3)26(5-2)21(33)17-19(31)18(30)15(16-14(29)10-27(22)28(16)17)20(32)25-9-11-6-7-12(23)8-13(11)24/h6-8,14,29,31H,4-5,9-10H2,1-3H3,(H,25,32). The van der Waals surface area contributed by atoms with Gasteiger partial charge in [0.1, 0.15) is 29.0 Å². The second-order valence-corrected chi connectivity index (χ2v) is 8.23. The number of nitrogens with one attached hydrogen (secondary N) is 1. The number of hydrogen-bond acceptors (Lipinski definition) is 6. The second kappa shape index (κ2) is 7.84. The van der Waals surface area contributed by atoms with Crippen LogP contribution >= 0.6 is 0 Å². The van der Waals surface area contributed by atoms with E-state index in [9.17, 15) is 33.4 Å². The van der Waals surface area contributed by atoms with Gasteiger partial charge in [0.2, 0.25) is 5.43 Å². The Hall–Kier alpha value is -3.47. The average molecular weight is 462 g/mol. The van der Waals surface area contributed by atoms with Crippen molar-refractivity contribution >= 4 is 11.8 Å². The monoisotopic (exact) mass is 462 g/mol. The van der Waals surface area contributed by atoms with Crippen molar-refractivity contribution in [2.24, 2.45) is 0 Å². The molecule has 1 aromatic heterocycles. The Kier molecular flexibility index (Phi) is 5.39. The summed E-state index contributed by atoms with van der Waals surface area (Å²) in [5, 5.41) is 25.5. The van der Waals surface area contributed by atoms with E-state index >= 15 is 0 Å². The number of benzene rings is 1. The normalized spacial score (nSPS) is 21.4. The van der Waals surface area contributed by atoms with Crippen molar-refractivity contribution in [2.75, 3.05) is 18.1 Å². The minimum atomic E-state index is -1.30. The largest absolute Gasteiger partial charge is 0.502 e. The zero-order chi connectivity index (χ0) is 24.2. The van der Waals surface area contributed by atoms with Crippen molar-refractivity contribution in [3.8, 4) is 5.75 Å². The molecule has 0 saturated heterocycles. The smallest absolute Gasteiger partial charge is 0.278 e. The van der Waals surface area contributed by atoms with E-state index in [0.717, 1.165) is 12.1 Å². The number of carbonyl (C=O) groups is 2. The molecule has 3 N–H and O–H groups in total. The fourth-order valence-electron chi connectivity index (χ4n) is 4.66. The molecule has 3 heterocycles. The summed E-state index contributed by atoms with van der Waals surface area (Å²) in [5.41, 5.74) is -2.98. The van der Waals surface area contributed by atoms with Gasteiger partial charge in [-0.1, -0.05) is 13.0 Å². The number of amides is 2. The highest BCUT2D eigenvalue weighted by Gasteiger charge is 2.52. The SMILES string of the molecule is CCN1C(=O)c2c(O)c(=O)c(C(=O)NCc3ccc(F)cc3F)c3n2N(CC3O)C1(C)CC. The minimum Gasteiger partial charge on any atom is -0.502 e. The number of pyridine rings is 1. The number of rotatable bonds is 5. The molecule has 1 aromatic carbocycles. The van der Waals surface area contributed by atoms with Crippen molar-refractivity contribution in [3.63, 3.8) is 0 Å². The van der Waals surface area contributed by atoms with Crippen LogP contribution < -0.4 is 15.8 Å². The van der Waals surface area contributed by atoms with Gasteiger partial charge in [0.15, 0.2) is 11.4 Å². The summed E-state index contributed by atoms with van der Waals surface area (Å²) in [7, 11) is 0. The molecule has 0 saturated carbocycles. The number of aromatic nitrogens is 1. The van der Waals surface area contributed by atoms with Crippen LogP contribution in [-0.2, 0) is 6.54 Å². The number of nitrogens with zero attached hydrogens (tertiary/aromatic N) is 3. The summed E-state index contributed by atoms with van der Waals surface area (Å²) in [4.78, 5) is 40.7. The van der Waals surface area contributed by atoms with Crippen LogP contribution in [0.2, 0.25) is 0 Å². The Morgan fingerprint density at radius 1 is 1.27 bits per heavy atom. The molecule has 33 heavy (non-hydrogen) atoms. The first-order chi connectivity index (χ1) is 15.6. The average Bonchev–Trinajstić information content (AvgIpc) is 3.11. The first kappa shape index (κ1) is 22.7. The molecule has 9 nitrogen and oxygen atoms in total. The first-order valence-electron chi connectivity index (χ1n) is 10.6. The van der Waals surface area contributed by atoms with Gasteiger partial charge in [0, 0.05) is 24.7 Å². The van der Waals surface area contributed by atoms with Crippen LogP contribution in [0.1, 0.15) is 65.4 Å². The molecule has 0 aliphatic carbocycles. The van der Waals surface area contributed by atoms with E-state index in [-0.39, 0.29) is 30.0 Å². The van der Waals surface area contributed by atoms with Crippen molar-refractivity contribution in [1.82, 2.24) is 14.9 Å². The molecule has 2 aromatic rings. The zero-order valence-electron chi connectivity index (χ0n) is 18.4. The summed E-state index contributed by atoms with van der Waals surface area (Å²) in [6, 6.07) is 2.85. The summed E-state index contributed by atoms with van der Waals surface area (Å²) in [6.07, 6.45) is -0.827. The fourth-order valence-corrected chi connectivity index (χ4v) is 4.66. The third-order valence-corrected chi connectivity index (χ3v) is 6.52. The van der Waals surface area contributed by atoms with Crippen molar-refractivity contribution < 1.29 is 28.6 Å². The van der Waals surface area contributed by atoms with E-state index in [1.165, 1.54) is 9.58 Å². The Labute approximate surface area is 187 Å². The lowest BCUT2D eigenvalue weighted by Gasteiger charge is -2.52. The van der Waals surface area contributed by atoms with Crippen LogP contribution in [0, 0.1) is 11.6 Å². The Bertz CT molecular complexity index is 1230. The molecule has 2 aliphatic heterocycles. The molecule has 176 valence electrons. The van der Waals surface area contributed by atoms with Crippen LogP contribution in [0.5, 0.6) is 5.75 Å². The van der Waals surface area contributed by atoms with Crippen LogP contribution in [0.4, 0.5) is 8.78 Å². The van der Waals surface area contributed by atoms with Crippen molar-refractivity contribution in [2.45, 2.75) is 45.5 Å². The van der Waals surface area contributed by atoms with Crippen LogP contribution in [-0.4, -0.2) is 50.4 Å². The highest BCUT2D eigenvalue weighted by Crippen LogP contribution is 2.40. The zero-order valence-corrected chi connectivity index (χ0v) is 18.4. The number of carbonyl (C=O) groups excluding carboxylic acids is 2. The number of halogens is 2. The second-order valence-electron chi connectivity index (χ2n) is 8.23. The number of aliphatic hydroxyl groups excluding tert-OH is 1. The van der Waals surface area contributed by atoms with Gasteiger partial charge in [-0.05, 0) is 26.3 Å². The minimum absolute atomic E-state index is 0.0158. The van der Waals surface area contributed by atoms with Gasteiger partial charge in [-0.2, -0.15) is 0 Å². The first-order valence-corrected chi connectivity index (χ1v) is 10.6. The highest BCUT2D eigenvalue weighted by molar-refractivity contribution is 6.01. The van der Waals surface area contributed by atoms with E-state index in [0.29, 0.717) is 19.0 Å². The number of hydrogen-bond donors (Lipinski definition) is 3. The van der Waals surface area contributed by atoms with E-state index in [1.54, 1.807) is 18.9 Å². The molecule has 0 radical (unpaired) electrons. The van der Waals surface area contributed by atoms with Gasteiger partial charge in [-0.25, -0.2) is 13.5 Å². The topological polar surface area (TPSA) is 115 Å². The molecule has 2 amide bonds. The highest BCUT2D eigenvalue weighted by atomic mass is 19.1. The summed E-state index contributed by atoms with van der Waals surface area (Å²) in [5.74, 6) is -4.11. The van der Waals surface area contributed by atoms with Gasteiger partial charge < -0.3 is 20.4 Å². The maximum atomic E-state index is 13.9. The van der Waals surface area contributed by atoms with Crippen LogP contribution in [0.3, 0.4) is 0 Å². The molecule has 0 bridgehead atoms. The predicted octanol–water partition coefficient (Wildman–Crippen LogP) is 1.35. The van der Waals surface area contributed by atoms with E-state index < -0.39 is 52.0 Å². The Morgan fingerprint density at radius 3 is 2.58 bits per heavy atom. The van der Waals surface area contributed by atoms with Crippen molar-refractivity contribution in [1.29, 1.82) is 0 Å². The van der Waals surface area contributed by atoms with Gasteiger partial charge in [0.05, 0.1) is 12.2 Å². The Balaban J connectivity index is 1.82. The number of aromatic hydroxyl groups is 1. The molecule has 2 unspecified atom stereocenters. The predicted molar refractivity (Wildman–Crippen MR) is 113 cm³/mol. The molecular weight excluding hydrogens is 438 g/mol. The molecule has 11 heteroatoms. The van der Waals surface area contributed by atoms with Gasteiger partial charge in [0.25, 0.3) is 11.8 Å². The lowest BCUT2D eigenvalue weighted by molar-refractivity contribution is 0.0329. The van der Waals surface area contributed by atoms with Crippen LogP contribution in [0.15, 0.2) is 23.0 Å². The maximum Gasteiger partial charge on any atom is 0.278 e. The molecule has 2 aliphatic rings. The Morgan fingerprint density at radius 2 is 1.97 bits per heavy atom. The van der Waals surface area contributed by atoms with Crippen molar-refractivity contribution in [3.05, 3.63) is 62.6 Å². The lowest BCUT2D eigenvalue weighted by Crippen LogP contribution is -2.67. The molecule has 2 atom stereocenters. The molecule has 4 rings (SSSR count). The summed E-state index contributed by atoms with van der Waals surface area (Å²) in [6.45, 7) is 5.34. The lowest BCUT2D eigenvalue weighted by atomic mass is 10.0. The molecule has 0 fully saturated rings. The van der Waals surface area contributed by atoms with E-state index in [4.69, 9.17) is 0 Å². The molecule has 0 spiro atoms. The molecular formula is C22H24F2N4O5. The van der Waals surface area contributed by atoms with Gasteiger partial charge >= 0.3 is 0 Å². The summed E-state index contributed by atoms with van der Waals surface area (Å²) >= 11 is 0. The van der Waals surface area contributed by atoms with E-state index in [2.05, 4.69) is 5.32 Å². The third-order valence-electron chi connectivity index (χ3n) is 6.52. The van der Waals surface area contributed by atoms with E-state index in [1.807, 2.05) is 6.92 Å². The van der Waals surface area contributed by atoms with Gasteiger partial charge in [-0.15, -0.1) is 0 Å². The quantitative estimate of drug-likeness (QED) is 0.618. The van der Waals surface area contributed by atoms with Gasteiger partial charge in [-0.3, -0.25) is 19.4 Å². The fraction of sp³-hybridized carbons (Fsp3) is 0.409. The maximum absolute atomic E-state index is 13.9. The third kappa shape index (κ3) is 3.17. The summed E-state index contributed by atoms with van der Waals surface area (Å²) < 4.78 is 28.3. The number of aliphatic hydroxyl groups is 1. The van der Waals surface area contributed by atoms with Crippen LogP contribution in [0.25, 0.3) is 0 Å².